The van der Waals surface area contributed by atoms with E-state index < -0.39 is 6.57 Å². The van der Waals surface area contributed by atoms with E-state index in [0.29, 0.717) is 0 Å². The number of allylic oxidation sites excluding steroid dienone is 1. The van der Waals surface area contributed by atoms with E-state index in [2.05, 4.69) is 76.1 Å². The zero-order valence-corrected chi connectivity index (χ0v) is 18.2. The Morgan fingerprint density at radius 1 is 0.793 bits per heavy atom. The first-order valence-electron chi connectivity index (χ1n) is 9.85. The third kappa shape index (κ3) is 4.16. The van der Waals surface area contributed by atoms with Crippen molar-refractivity contribution in [3.63, 3.8) is 0 Å². The number of rotatable bonds is 6. The molecular formula is C24H25N2OPS. The average Bonchev–Trinajstić information content (AvgIpc) is 3.12. The second-order valence-electron chi connectivity index (χ2n) is 6.87. The maximum atomic E-state index is 6.85. The largest absolute Gasteiger partial charge is 0.306 e. The fraction of sp³-hybridized carbons (Fsp3) is 0.167. The number of anilines is 2. The summed E-state index contributed by atoms with van der Waals surface area (Å²) < 4.78 is 11.4. The Balaban J connectivity index is 1.77. The van der Waals surface area contributed by atoms with Crippen LogP contribution in [-0.4, -0.2) is 13.1 Å². The van der Waals surface area contributed by atoms with Crippen molar-refractivity contribution >= 4 is 29.7 Å². The van der Waals surface area contributed by atoms with Crippen LogP contribution in [-0.2, 0) is 16.3 Å². The lowest BCUT2D eigenvalue weighted by atomic mass is 10.1. The third-order valence-corrected chi connectivity index (χ3v) is 9.01. The molecule has 148 valence electrons. The van der Waals surface area contributed by atoms with Crippen LogP contribution in [0.2, 0.25) is 0 Å². The van der Waals surface area contributed by atoms with Crippen molar-refractivity contribution < 1.29 is 4.52 Å². The SMILES string of the molecule is C/C=C/[C@H](OP1(=S)N(c2ccccc2)CCN1c1ccccc1)c1ccccc1. The van der Waals surface area contributed by atoms with E-state index in [1.807, 2.05) is 43.3 Å². The third-order valence-electron chi connectivity index (χ3n) is 4.99. The highest BCUT2D eigenvalue weighted by Gasteiger charge is 2.42. The summed E-state index contributed by atoms with van der Waals surface area (Å²) in [5, 5.41) is 0. The number of hydrogen-bond acceptors (Lipinski definition) is 2. The molecule has 0 aromatic heterocycles. The molecule has 0 saturated carbocycles. The van der Waals surface area contributed by atoms with Crippen LogP contribution in [0.1, 0.15) is 18.6 Å². The minimum Gasteiger partial charge on any atom is -0.306 e. The Bertz CT molecular complexity index is 944. The molecule has 3 nitrogen and oxygen atoms in total. The molecule has 0 radical (unpaired) electrons. The predicted molar refractivity (Wildman–Crippen MR) is 127 cm³/mol. The van der Waals surface area contributed by atoms with Gasteiger partial charge in [-0.2, -0.15) is 0 Å². The summed E-state index contributed by atoms with van der Waals surface area (Å²) in [4.78, 5) is 0. The van der Waals surface area contributed by atoms with E-state index in [1.165, 1.54) is 0 Å². The molecule has 0 aliphatic carbocycles. The zero-order valence-electron chi connectivity index (χ0n) is 16.5. The Morgan fingerprint density at radius 3 is 1.69 bits per heavy atom. The van der Waals surface area contributed by atoms with Crippen molar-refractivity contribution in [3.05, 3.63) is 109 Å². The topological polar surface area (TPSA) is 15.7 Å². The summed E-state index contributed by atoms with van der Waals surface area (Å²) in [6, 6.07) is 31.1. The molecule has 1 aliphatic heterocycles. The second-order valence-corrected chi connectivity index (χ2v) is 10.5. The fourth-order valence-corrected chi connectivity index (χ4v) is 7.45. The summed E-state index contributed by atoms with van der Waals surface area (Å²) in [5.41, 5.74) is 3.34. The van der Waals surface area contributed by atoms with Gasteiger partial charge in [0.25, 0.3) is 6.57 Å². The highest BCUT2D eigenvalue weighted by Crippen LogP contribution is 2.63. The molecule has 0 unspecified atom stereocenters. The Hall–Kier alpha value is -2.39. The summed E-state index contributed by atoms with van der Waals surface area (Å²) in [7, 11) is 0. The van der Waals surface area contributed by atoms with Gasteiger partial charge in [-0.1, -0.05) is 78.9 Å². The lowest BCUT2D eigenvalue weighted by molar-refractivity contribution is 0.283. The molecule has 0 spiro atoms. The van der Waals surface area contributed by atoms with Crippen molar-refractivity contribution in [2.75, 3.05) is 22.4 Å². The molecule has 1 heterocycles. The molecule has 3 aromatic carbocycles. The summed E-state index contributed by atoms with van der Waals surface area (Å²) in [6.45, 7) is 1.17. The normalized spacial score (nSPS) is 17.0. The standard InChI is InChI=1S/C24H25N2OPS/c1-2-12-24(21-13-6-3-7-14-21)27-28(29)25(22-15-8-4-9-16-22)19-20-26(28)23-17-10-5-11-18-23/h2-18,24H,19-20H2,1H3/b12-2+/t24-/m0/s1. The molecule has 3 aromatic rings. The Kier molecular flexibility index (Phi) is 6.15. The zero-order chi connectivity index (χ0) is 20.1. The molecule has 1 aliphatic rings. The highest BCUT2D eigenvalue weighted by atomic mass is 32.5. The van der Waals surface area contributed by atoms with E-state index in [4.69, 9.17) is 16.3 Å². The first kappa shape index (κ1) is 19.9. The molecule has 1 saturated heterocycles. The van der Waals surface area contributed by atoms with Gasteiger partial charge < -0.3 is 13.9 Å². The smallest absolute Gasteiger partial charge is 0.255 e. The number of benzene rings is 3. The van der Waals surface area contributed by atoms with Gasteiger partial charge in [-0.25, -0.2) is 0 Å². The quantitative estimate of drug-likeness (QED) is 0.331. The molecule has 5 heteroatoms. The minimum atomic E-state index is -2.54. The maximum Gasteiger partial charge on any atom is 0.255 e. The van der Waals surface area contributed by atoms with E-state index in [0.717, 1.165) is 30.0 Å². The lowest BCUT2D eigenvalue weighted by Crippen LogP contribution is -2.22. The van der Waals surface area contributed by atoms with E-state index in [9.17, 15) is 0 Å². The first-order chi connectivity index (χ1) is 14.2. The van der Waals surface area contributed by atoms with Gasteiger partial charge in [-0.15, -0.1) is 0 Å². The molecular weight excluding hydrogens is 395 g/mol. The van der Waals surface area contributed by atoms with Crippen molar-refractivity contribution in [2.45, 2.75) is 13.0 Å². The summed E-state index contributed by atoms with van der Waals surface area (Å²) in [6.07, 6.45) is 3.94. The minimum absolute atomic E-state index is 0.192. The highest BCUT2D eigenvalue weighted by molar-refractivity contribution is 8.13. The Labute approximate surface area is 178 Å². The number of para-hydroxylation sites is 2. The number of nitrogens with zero attached hydrogens (tertiary/aromatic N) is 2. The van der Waals surface area contributed by atoms with Gasteiger partial charge in [0.2, 0.25) is 0 Å². The molecule has 0 N–H and O–H groups in total. The van der Waals surface area contributed by atoms with Crippen LogP contribution in [0, 0.1) is 0 Å². The van der Waals surface area contributed by atoms with Crippen LogP contribution >= 0.6 is 6.57 Å². The molecule has 1 fully saturated rings. The van der Waals surface area contributed by atoms with Crippen LogP contribution in [0.3, 0.4) is 0 Å². The van der Waals surface area contributed by atoms with Gasteiger partial charge in [0, 0.05) is 24.5 Å². The monoisotopic (exact) mass is 420 g/mol. The van der Waals surface area contributed by atoms with Gasteiger partial charge in [-0.05, 0) is 48.6 Å². The van der Waals surface area contributed by atoms with Crippen LogP contribution in [0.4, 0.5) is 11.4 Å². The summed E-state index contributed by atoms with van der Waals surface area (Å²) in [5.74, 6) is 0. The van der Waals surface area contributed by atoms with Gasteiger partial charge in [-0.3, -0.25) is 0 Å². The van der Waals surface area contributed by atoms with Crippen LogP contribution < -0.4 is 9.34 Å². The van der Waals surface area contributed by atoms with E-state index >= 15 is 0 Å². The molecule has 0 amide bonds. The van der Waals surface area contributed by atoms with Crippen LogP contribution in [0.15, 0.2) is 103 Å². The predicted octanol–water partition coefficient (Wildman–Crippen LogP) is 6.57. The van der Waals surface area contributed by atoms with Crippen molar-refractivity contribution in [1.82, 2.24) is 0 Å². The number of hydrogen-bond donors (Lipinski definition) is 0. The van der Waals surface area contributed by atoms with Crippen LogP contribution in [0.5, 0.6) is 0 Å². The molecule has 0 bridgehead atoms. The van der Waals surface area contributed by atoms with Gasteiger partial charge in [0.15, 0.2) is 0 Å². The van der Waals surface area contributed by atoms with Crippen molar-refractivity contribution in [3.8, 4) is 0 Å². The fourth-order valence-electron chi connectivity index (χ4n) is 3.61. The first-order valence-corrected chi connectivity index (χ1v) is 12.5. The molecule has 1 atom stereocenters. The average molecular weight is 421 g/mol. The van der Waals surface area contributed by atoms with E-state index in [-0.39, 0.29) is 6.10 Å². The maximum absolute atomic E-state index is 6.85. The van der Waals surface area contributed by atoms with Gasteiger partial charge in [0.05, 0.1) is 0 Å². The van der Waals surface area contributed by atoms with Crippen molar-refractivity contribution in [1.29, 1.82) is 0 Å². The Morgan fingerprint density at radius 2 is 1.24 bits per heavy atom. The van der Waals surface area contributed by atoms with Gasteiger partial charge in [0.1, 0.15) is 6.10 Å². The van der Waals surface area contributed by atoms with Crippen molar-refractivity contribution in [2.24, 2.45) is 0 Å². The molecule has 29 heavy (non-hydrogen) atoms. The van der Waals surface area contributed by atoms with Crippen LogP contribution in [0.25, 0.3) is 0 Å². The van der Waals surface area contributed by atoms with E-state index in [1.54, 1.807) is 0 Å². The lowest BCUT2D eigenvalue weighted by Gasteiger charge is -2.37. The molecule has 4 rings (SSSR count). The van der Waals surface area contributed by atoms with Gasteiger partial charge >= 0.3 is 0 Å². The second kappa shape index (κ2) is 8.96. The summed E-state index contributed by atoms with van der Waals surface area (Å²) >= 11 is 6.37.